The third kappa shape index (κ3) is 4.38. The molecule has 8 heteroatoms. The van der Waals surface area contributed by atoms with Crippen LogP contribution in [0.5, 0.6) is 5.88 Å². The molecule has 1 aromatic carbocycles. The van der Waals surface area contributed by atoms with Gasteiger partial charge < -0.3 is 9.64 Å². The molecule has 0 aliphatic carbocycles. The first-order chi connectivity index (χ1) is 11.7. The van der Waals surface area contributed by atoms with Gasteiger partial charge in [-0.25, -0.2) is 4.98 Å². The third-order valence-corrected chi connectivity index (χ3v) is 3.29. The summed E-state index contributed by atoms with van der Waals surface area (Å²) >= 11 is 0. The fourth-order valence-corrected chi connectivity index (χ4v) is 2.04. The van der Waals surface area contributed by atoms with Crippen molar-refractivity contribution in [3.63, 3.8) is 0 Å². The molecule has 0 atom stereocenters. The summed E-state index contributed by atoms with van der Waals surface area (Å²) in [6.07, 6.45) is -3.92. The number of nitriles is 1. The molecule has 5 nitrogen and oxygen atoms in total. The van der Waals surface area contributed by atoms with Crippen LogP contribution in [-0.4, -0.2) is 23.6 Å². The van der Waals surface area contributed by atoms with Gasteiger partial charge in [-0.05, 0) is 18.1 Å². The topological polar surface area (TPSA) is 62.0 Å². The van der Waals surface area contributed by atoms with Gasteiger partial charge in [0.1, 0.15) is 11.6 Å². The van der Waals surface area contributed by atoms with Crippen LogP contribution in [0.1, 0.15) is 25.0 Å². The van der Waals surface area contributed by atoms with E-state index in [4.69, 9.17) is 4.74 Å². The molecule has 0 aliphatic rings. The maximum atomic E-state index is 13.1. The van der Waals surface area contributed by atoms with Crippen LogP contribution in [0.15, 0.2) is 30.5 Å². The van der Waals surface area contributed by atoms with Crippen molar-refractivity contribution in [3.05, 3.63) is 41.6 Å². The Morgan fingerprint density at radius 2 is 1.96 bits per heavy atom. The summed E-state index contributed by atoms with van der Waals surface area (Å²) in [5, 5.41) is 9.17. The van der Waals surface area contributed by atoms with E-state index in [0.29, 0.717) is 17.4 Å². The highest BCUT2D eigenvalue weighted by Crippen LogP contribution is 2.36. The molecule has 132 valence electrons. The van der Waals surface area contributed by atoms with Gasteiger partial charge in [0, 0.05) is 13.2 Å². The molecule has 0 unspecified atom stereocenters. The van der Waals surface area contributed by atoms with Gasteiger partial charge in [0.2, 0.25) is 11.8 Å². The van der Waals surface area contributed by atoms with Crippen molar-refractivity contribution >= 4 is 11.6 Å². The van der Waals surface area contributed by atoms with E-state index < -0.39 is 17.6 Å². The average Bonchev–Trinajstić information content (AvgIpc) is 2.58. The fraction of sp³-hybridized carbons (Fsp3) is 0.353. The molecule has 2 rings (SSSR count). The van der Waals surface area contributed by atoms with Crippen LogP contribution >= 0.6 is 0 Å². The van der Waals surface area contributed by atoms with Gasteiger partial charge in [-0.2, -0.15) is 23.4 Å². The standard InChI is InChI=1S/C17H17F3N4O/c1-11(2)10-25-15-13(17(18,19)20)9-22-16(23-15)24(3)14-7-5-4-6-12(14)8-21/h4-7,9,11H,10H2,1-3H3. The molecule has 0 saturated carbocycles. The van der Waals surface area contributed by atoms with Crippen molar-refractivity contribution in [1.82, 2.24) is 9.97 Å². The lowest BCUT2D eigenvalue weighted by molar-refractivity contribution is -0.139. The molecule has 1 aromatic heterocycles. The second-order valence-corrected chi connectivity index (χ2v) is 5.78. The molecule has 0 amide bonds. The Morgan fingerprint density at radius 1 is 1.28 bits per heavy atom. The fourth-order valence-electron chi connectivity index (χ4n) is 2.04. The predicted molar refractivity (Wildman–Crippen MR) is 86.6 cm³/mol. The Kier molecular flexibility index (Phi) is 5.47. The number of hydrogen-bond donors (Lipinski definition) is 0. The van der Waals surface area contributed by atoms with E-state index in [1.807, 2.05) is 19.9 Å². The van der Waals surface area contributed by atoms with Crippen LogP contribution < -0.4 is 9.64 Å². The molecule has 0 N–H and O–H groups in total. The molecule has 0 saturated heterocycles. The zero-order chi connectivity index (χ0) is 18.6. The number of nitrogens with zero attached hydrogens (tertiary/aromatic N) is 4. The molecule has 25 heavy (non-hydrogen) atoms. The maximum Gasteiger partial charge on any atom is 0.423 e. The van der Waals surface area contributed by atoms with Gasteiger partial charge in [0.25, 0.3) is 0 Å². The van der Waals surface area contributed by atoms with Crippen LogP contribution in [0.3, 0.4) is 0 Å². The third-order valence-electron chi connectivity index (χ3n) is 3.29. The highest BCUT2D eigenvalue weighted by atomic mass is 19.4. The van der Waals surface area contributed by atoms with Crippen molar-refractivity contribution in [3.8, 4) is 11.9 Å². The first kappa shape index (κ1) is 18.5. The maximum absolute atomic E-state index is 13.1. The van der Waals surface area contributed by atoms with Crippen LogP contribution in [-0.2, 0) is 6.18 Å². The van der Waals surface area contributed by atoms with E-state index in [0.717, 1.165) is 0 Å². The summed E-state index contributed by atoms with van der Waals surface area (Å²) in [6, 6.07) is 8.70. The van der Waals surface area contributed by atoms with Crippen LogP contribution in [0.4, 0.5) is 24.8 Å². The molecule has 2 aromatic rings. The van der Waals surface area contributed by atoms with Crippen LogP contribution in [0.25, 0.3) is 0 Å². The van der Waals surface area contributed by atoms with Gasteiger partial charge in [-0.3, -0.25) is 0 Å². The number of para-hydroxylation sites is 1. The minimum absolute atomic E-state index is 0.00876. The summed E-state index contributed by atoms with van der Waals surface area (Å²) in [6.45, 7) is 3.74. The Hall–Kier alpha value is -2.82. The molecular weight excluding hydrogens is 333 g/mol. The summed E-state index contributed by atoms with van der Waals surface area (Å²) in [4.78, 5) is 9.16. The molecule has 0 spiro atoms. The zero-order valence-electron chi connectivity index (χ0n) is 14.0. The lowest BCUT2D eigenvalue weighted by Crippen LogP contribution is -2.18. The van der Waals surface area contributed by atoms with E-state index in [2.05, 4.69) is 9.97 Å². The summed E-state index contributed by atoms with van der Waals surface area (Å²) < 4.78 is 44.6. The quantitative estimate of drug-likeness (QED) is 0.810. The molecular formula is C17H17F3N4O. The largest absolute Gasteiger partial charge is 0.477 e. The second kappa shape index (κ2) is 7.38. The van der Waals surface area contributed by atoms with Gasteiger partial charge >= 0.3 is 6.18 Å². The number of benzene rings is 1. The Balaban J connectivity index is 2.45. The van der Waals surface area contributed by atoms with E-state index >= 15 is 0 Å². The van der Waals surface area contributed by atoms with Crippen molar-refractivity contribution in [2.24, 2.45) is 5.92 Å². The molecule has 0 radical (unpaired) electrons. The van der Waals surface area contributed by atoms with Gasteiger partial charge in [-0.1, -0.05) is 26.0 Å². The lowest BCUT2D eigenvalue weighted by Gasteiger charge is -2.20. The van der Waals surface area contributed by atoms with Crippen molar-refractivity contribution in [1.29, 1.82) is 5.26 Å². The predicted octanol–water partition coefficient (Wildman–Crippen LogP) is 4.17. The first-order valence-corrected chi connectivity index (χ1v) is 7.54. The van der Waals surface area contributed by atoms with Crippen LogP contribution in [0.2, 0.25) is 0 Å². The number of aromatic nitrogens is 2. The average molecular weight is 350 g/mol. The van der Waals surface area contributed by atoms with Crippen LogP contribution in [0, 0.1) is 17.2 Å². The SMILES string of the molecule is CC(C)COc1nc(N(C)c2ccccc2C#N)ncc1C(F)(F)F. The summed E-state index contributed by atoms with van der Waals surface area (Å²) in [5.41, 5.74) is -0.184. The minimum Gasteiger partial charge on any atom is -0.477 e. The second-order valence-electron chi connectivity index (χ2n) is 5.78. The number of halogens is 3. The highest BCUT2D eigenvalue weighted by Gasteiger charge is 2.36. The Bertz CT molecular complexity index is 784. The molecule has 0 fully saturated rings. The van der Waals surface area contributed by atoms with Gasteiger partial charge in [0.05, 0.1) is 17.9 Å². The number of hydrogen-bond acceptors (Lipinski definition) is 5. The monoisotopic (exact) mass is 350 g/mol. The molecule has 1 heterocycles. The van der Waals surface area contributed by atoms with Gasteiger partial charge in [0.15, 0.2) is 0 Å². The smallest absolute Gasteiger partial charge is 0.423 e. The number of alkyl halides is 3. The summed E-state index contributed by atoms with van der Waals surface area (Å²) in [7, 11) is 1.57. The van der Waals surface area contributed by atoms with Gasteiger partial charge in [-0.15, -0.1) is 0 Å². The summed E-state index contributed by atoms with van der Waals surface area (Å²) in [5.74, 6) is -0.474. The minimum atomic E-state index is -4.62. The molecule has 0 aliphatic heterocycles. The zero-order valence-corrected chi connectivity index (χ0v) is 14.0. The van der Waals surface area contributed by atoms with E-state index in [-0.39, 0.29) is 18.5 Å². The number of anilines is 2. The lowest BCUT2D eigenvalue weighted by atomic mass is 10.2. The number of ether oxygens (including phenoxy) is 1. The molecule has 0 bridgehead atoms. The number of rotatable bonds is 5. The van der Waals surface area contributed by atoms with Crippen molar-refractivity contribution in [2.45, 2.75) is 20.0 Å². The Labute approximate surface area is 143 Å². The van der Waals surface area contributed by atoms with E-state index in [1.165, 1.54) is 4.90 Å². The van der Waals surface area contributed by atoms with Crippen molar-refractivity contribution in [2.75, 3.05) is 18.6 Å². The highest BCUT2D eigenvalue weighted by molar-refractivity contribution is 5.65. The van der Waals surface area contributed by atoms with E-state index in [9.17, 15) is 18.4 Å². The Morgan fingerprint density at radius 3 is 2.56 bits per heavy atom. The van der Waals surface area contributed by atoms with Crippen molar-refractivity contribution < 1.29 is 17.9 Å². The van der Waals surface area contributed by atoms with E-state index in [1.54, 1.807) is 31.3 Å². The first-order valence-electron chi connectivity index (χ1n) is 7.54. The normalized spacial score (nSPS) is 11.3.